The van der Waals surface area contributed by atoms with Gasteiger partial charge >= 0.3 is 5.97 Å². The Hall–Kier alpha value is -1.77. The summed E-state index contributed by atoms with van der Waals surface area (Å²) in [5.74, 6) is 0.767. The number of unbranched alkanes of at least 4 members (excludes halogenated alkanes) is 1. The highest BCUT2D eigenvalue weighted by Gasteiger charge is 2.09. The molecule has 3 heteroatoms. The van der Waals surface area contributed by atoms with E-state index >= 15 is 0 Å². The van der Waals surface area contributed by atoms with Gasteiger partial charge in [0, 0.05) is 6.42 Å². The standard InChI is InChI=1S/C14H18O3/c1-4-5-7-11(2)17-14(15)12-8-6-9-13(10-12)16-3/h6,8-10H,2,4-5,7H2,1,3H3. The summed E-state index contributed by atoms with van der Waals surface area (Å²) in [6.45, 7) is 5.81. The van der Waals surface area contributed by atoms with Gasteiger partial charge in [-0.05, 0) is 24.6 Å². The molecule has 0 bridgehead atoms. The van der Waals surface area contributed by atoms with E-state index in [2.05, 4.69) is 13.5 Å². The second-order valence-corrected chi connectivity index (χ2v) is 3.76. The van der Waals surface area contributed by atoms with Crippen LogP contribution in [0, 0.1) is 0 Å². The fourth-order valence-corrected chi connectivity index (χ4v) is 1.37. The summed E-state index contributed by atoms with van der Waals surface area (Å²) in [5.41, 5.74) is 0.474. The van der Waals surface area contributed by atoms with Crippen LogP contribution in [0.3, 0.4) is 0 Å². The maximum atomic E-state index is 11.7. The van der Waals surface area contributed by atoms with E-state index in [0.717, 1.165) is 12.8 Å². The number of hydrogen-bond donors (Lipinski definition) is 0. The first-order valence-electron chi connectivity index (χ1n) is 5.71. The topological polar surface area (TPSA) is 35.5 Å². The summed E-state index contributed by atoms with van der Waals surface area (Å²) >= 11 is 0. The lowest BCUT2D eigenvalue weighted by Gasteiger charge is -2.07. The quantitative estimate of drug-likeness (QED) is 0.557. The average molecular weight is 234 g/mol. The molecule has 0 aromatic heterocycles. The summed E-state index contributed by atoms with van der Waals surface area (Å²) in [5, 5.41) is 0. The maximum Gasteiger partial charge on any atom is 0.343 e. The first kappa shape index (κ1) is 13.3. The van der Waals surface area contributed by atoms with Crippen LogP contribution in [0.5, 0.6) is 5.75 Å². The van der Waals surface area contributed by atoms with Gasteiger partial charge in [-0.25, -0.2) is 4.79 Å². The molecule has 0 unspecified atom stereocenters. The first-order chi connectivity index (χ1) is 8.17. The van der Waals surface area contributed by atoms with Crippen molar-refractivity contribution < 1.29 is 14.3 Å². The van der Waals surface area contributed by atoms with Crippen molar-refractivity contribution in [3.63, 3.8) is 0 Å². The molecule has 0 saturated heterocycles. The summed E-state index contributed by atoms with van der Waals surface area (Å²) in [4.78, 5) is 11.7. The van der Waals surface area contributed by atoms with Gasteiger partial charge in [0.05, 0.1) is 12.7 Å². The van der Waals surface area contributed by atoms with Crippen molar-refractivity contribution in [2.45, 2.75) is 26.2 Å². The Bertz CT molecular complexity index is 396. The molecule has 0 radical (unpaired) electrons. The average Bonchev–Trinajstić information content (AvgIpc) is 2.36. The molecule has 0 spiro atoms. The van der Waals surface area contributed by atoms with E-state index in [1.165, 1.54) is 0 Å². The molecule has 1 aromatic rings. The second-order valence-electron chi connectivity index (χ2n) is 3.76. The van der Waals surface area contributed by atoms with Gasteiger partial charge in [-0.1, -0.05) is 26.0 Å². The summed E-state index contributed by atoms with van der Waals surface area (Å²) in [6, 6.07) is 6.88. The molecule has 0 aliphatic rings. The lowest BCUT2D eigenvalue weighted by molar-refractivity contribution is 0.0614. The Kier molecular flexibility index (Phi) is 5.27. The highest BCUT2D eigenvalue weighted by molar-refractivity contribution is 5.90. The molecule has 1 rings (SSSR count). The number of rotatable bonds is 6. The van der Waals surface area contributed by atoms with Gasteiger partial charge in [0.15, 0.2) is 0 Å². The molecule has 0 heterocycles. The van der Waals surface area contributed by atoms with E-state index in [4.69, 9.17) is 9.47 Å². The Labute approximate surface area is 102 Å². The molecular weight excluding hydrogens is 216 g/mol. The van der Waals surface area contributed by atoms with Crippen LogP contribution in [0.2, 0.25) is 0 Å². The number of allylic oxidation sites excluding steroid dienone is 1. The summed E-state index contributed by atoms with van der Waals surface area (Å²) in [6.07, 6.45) is 2.74. The highest BCUT2D eigenvalue weighted by Crippen LogP contribution is 2.15. The third-order valence-corrected chi connectivity index (χ3v) is 2.35. The normalized spacial score (nSPS) is 9.76. The van der Waals surface area contributed by atoms with Crippen molar-refractivity contribution >= 4 is 5.97 Å². The zero-order valence-corrected chi connectivity index (χ0v) is 10.4. The van der Waals surface area contributed by atoms with Crippen LogP contribution in [0.25, 0.3) is 0 Å². The van der Waals surface area contributed by atoms with E-state index < -0.39 is 0 Å². The van der Waals surface area contributed by atoms with E-state index in [-0.39, 0.29) is 5.97 Å². The van der Waals surface area contributed by atoms with Crippen LogP contribution >= 0.6 is 0 Å². The van der Waals surface area contributed by atoms with Crippen LogP contribution in [-0.4, -0.2) is 13.1 Å². The van der Waals surface area contributed by atoms with Crippen LogP contribution < -0.4 is 4.74 Å². The van der Waals surface area contributed by atoms with E-state index in [9.17, 15) is 4.79 Å². The fourth-order valence-electron chi connectivity index (χ4n) is 1.37. The number of hydrogen-bond acceptors (Lipinski definition) is 3. The van der Waals surface area contributed by atoms with E-state index in [0.29, 0.717) is 23.5 Å². The van der Waals surface area contributed by atoms with Crippen LogP contribution in [0.15, 0.2) is 36.6 Å². The SMILES string of the molecule is C=C(CCCC)OC(=O)c1cccc(OC)c1. The third kappa shape index (κ3) is 4.31. The van der Waals surface area contributed by atoms with Crippen molar-refractivity contribution in [3.8, 4) is 5.75 Å². The van der Waals surface area contributed by atoms with Crippen molar-refractivity contribution in [1.82, 2.24) is 0 Å². The molecule has 92 valence electrons. The van der Waals surface area contributed by atoms with Crippen molar-refractivity contribution in [3.05, 3.63) is 42.2 Å². The van der Waals surface area contributed by atoms with Crippen molar-refractivity contribution in [1.29, 1.82) is 0 Å². The Morgan fingerprint density at radius 2 is 2.18 bits per heavy atom. The Morgan fingerprint density at radius 1 is 1.41 bits per heavy atom. The predicted molar refractivity (Wildman–Crippen MR) is 67.1 cm³/mol. The van der Waals surface area contributed by atoms with Crippen LogP contribution in [-0.2, 0) is 4.74 Å². The van der Waals surface area contributed by atoms with Gasteiger partial charge in [-0.3, -0.25) is 0 Å². The maximum absolute atomic E-state index is 11.7. The minimum Gasteiger partial charge on any atom is -0.497 e. The lowest BCUT2D eigenvalue weighted by atomic mass is 10.2. The molecule has 1 aromatic carbocycles. The minimum atomic E-state index is -0.384. The van der Waals surface area contributed by atoms with Gasteiger partial charge in [-0.2, -0.15) is 0 Å². The Morgan fingerprint density at radius 3 is 2.82 bits per heavy atom. The van der Waals surface area contributed by atoms with Crippen LogP contribution in [0.1, 0.15) is 36.5 Å². The van der Waals surface area contributed by atoms with Gasteiger partial charge in [0.25, 0.3) is 0 Å². The highest BCUT2D eigenvalue weighted by atomic mass is 16.5. The first-order valence-corrected chi connectivity index (χ1v) is 5.71. The fraction of sp³-hybridized carbons (Fsp3) is 0.357. The number of ether oxygens (including phenoxy) is 2. The van der Waals surface area contributed by atoms with Gasteiger partial charge in [0.2, 0.25) is 0 Å². The summed E-state index contributed by atoms with van der Waals surface area (Å²) < 4.78 is 10.2. The van der Waals surface area contributed by atoms with Gasteiger partial charge < -0.3 is 9.47 Å². The van der Waals surface area contributed by atoms with E-state index in [1.807, 2.05) is 0 Å². The Balaban J connectivity index is 2.60. The molecule has 0 aliphatic heterocycles. The molecule has 0 aliphatic carbocycles. The molecular formula is C14H18O3. The predicted octanol–water partition coefficient (Wildman–Crippen LogP) is 3.56. The summed E-state index contributed by atoms with van der Waals surface area (Å²) in [7, 11) is 1.56. The number of carbonyl (C=O) groups is 1. The monoisotopic (exact) mass is 234 g/mol. The second kappa shape index (κ2) is 6.74. The van der Waals surface area contributed by atoms with E-state index in [1.54, 1.807) is 31.4 Å². The molecule has 0 N–H and O–H groups in total. The van der Waals surface area contributed by atoms with Gasteiger partial charge in [0.1, 0.15) is 11.5 Å². The minimum absolute atomic E-state index is 0.384. The molecule has 3 nitrogen and oxygen atoms in total. The van der Waals surface area contributed by atoms with Crippen LogP contribution in [0.4, 0.5) is 0 Å². The molecule has 0 saturated carbocycles. The number of esters is 1. The lowest BCUT2D eigenvalue weighted by Crippen LogP contribution is -2.04. The van der Waals surface area contributed by atoms with Gasteiger partial charge in [-0.15, -0.1) is 0 Å². The number of methoxy groups -OCH3 is 1. The molecule has 0 atom stereocenters. The zero-order valence-electron chi connectivity index (χ0n) is 10.4. The molecule has 0 amide bonds. The van der Waals surface area contributed by atoms with Crippen molar-refractivity contribution in [2.24, 2.45) is 0 Å². The largest absolute Gasteiger partial charge is 0.497 e. The smallest absolute Gasteiger partial charge is 0.343 e. The molecule has 0 fully saturated rings. The zero-order chi connectivity index (χ0) is 12.7. The third-order valence-electron chi connectivity index (χ3n) is 2.35. The number of benzene rings is 1. The number of carbonyl (C=O) groups excluding carboxylic acids is 1. The molecule has 17 heavy (non-hydrogen) atoms. The van der Waals surface area contributed by atoms with Crippen molar-refractivity contribution in [2.75, 3.05) is 7.11 Å².